The van der Waals surface area contributed by atoms with E-state index in [1.54, 1.807) is 7.11 Å². The second-order valence-electron chi connectivity index (χ2n) is 6.51. The van der Waals surface area contributed by atoms with Crippen LogP contribution in [0.15, 0.2) is 52.4 Å². The second kappa shape index (κ2) is 10.1. The van der Waals surface area contributed by atoms with Gasteiger partial charge in [0.05, 0.1) is 35.9 Å². The van der Waals surface area contributed by atoms with E-state index in [-0.39, 0.29) is 4.90 Å². The summed E-state index contributed by atoms with van der Waals surface area (Å²) in [5, 5.41) is 0. The van der Waals surface area contributed by atoms with Crippen LogP contribution in [0.1, 0.15) is 6.92 Å². The van der Waals surface area contributed by atoms with Gasteiger partial charge in [0.25, 0.3) is 5.91 Å². The topological polar surface area (TPSA) is 96.2 Å². The fourth-order valence-electron chi connectivity index (χ4n) is 2.95. The molecule has 0 unspecified atom stereocenters. The maximum atomic E-state index is 12.6. The minimum Gasteiger partial charge on any atom is -0.497 e. The molecule has 1 aromatic heterocycles. The van der Waals surface area contributed by atoms with E-state index < -0.39 is 21.5 Å². The third kappa shape index (κ3) is 5.52. The van der Waals surface area contributed by atoms with Gasteiger partial charge in [-0.15, -0.1) is 0 Å². The highest BCUT2D eigenvalue weighted by molar-refractivity contribution is 7.92. The first-order valence-electron chi connectivity index (χ1n) is 9.57. The quantitative estimate of drug-likeness (QED) is 0.452. The molecule has 0 saturated carbocycles. The molecule has 31 heavy (non-hydrogen) atoms. The van der Waals surface area contributed by atoms with Crippen molar-refractivity contribution in [3.63, 3.8) is 0 Å². The largest absolute Gasteiger partial charge is 0.497 e. The first-order valence-corrected chi connectivity index (χ1v) is 12.0. The Bertz CT molecular complexity index is 1230. The van der Waals surface area contributed by atoms with Gasteiger partial charge >= 0.3 is 0 Å². The van der Waals surface area contributed by atoms with E-state index >= 15 is 0 Å². The maximum Gasteiger partial charge on any atom is 0.263 e. The number of nitrogens with zero attached hydrogens (tertiary/aromatic N) is 2. The summed E-state index contributed by atoms with van der Waals surface area (Å²) in [5.74, 6) is -0.237. The summed E-state index contributed by atoms with van der Waals surface area (Å²) >= 11 is 1.30. The van der Waals surface area contributed by atoms with Gasteiger partial charge in [0.15, 0.2) is 14.6 Å². The molecule has 0 aliphatic heterocycles. The lowest BCUT2D eigenvalue weighted by Crippen LogP contribution is -2.22. The molecule has 3 aromatic rings. The Labute approximate surface area is 184 Å². The van der Waals surface area contributed by atoms with Crippen molar-refractivity contribution in [1.29, 1.82) is 0 Å². The summed E-state index contributed by atoms with van der Waals surface area (Å²) < 4.78 is 43.7. The smallest absolute Gasteiger partial charge is 0.263 e. The van der Waals surface area contributed by atoms with Gasteiger partial charge in [-0.25, -0.2) is 8.42 Å². The van der Waals surface area contributed by atoms with Crippen molar-refractivity contribution >= 4 is 37.3 Å². The van der Waals surface area contributed by atoms with Crippen LogP contribution in [-0.2, 0) is 25.9 Å². The molecule has 1 amide bonds. The van der Waals surface area contributed by atoms with Crippen molar-refractivity contribution in [2.45, 2.75) is 18.4 Å². The average Bonchev–Trinajstić information content (AvgIpc) is 3.09. The van der Waals surface area contributed by atoms with E-state index in [1.165, 1.54) is 42.7 Å². The molecule has 1 heterocycles. The normalized spacial score (nSPS) is 12.3. The molecule has 0 aliphatic rings. The van der Waals surface area contributed by atoms with Crippen LogP contribution in [0.25, 0.3) is 10.2 Å². The van der Waals surface area contributed by atoms with Gasteiger partial charge in [-0.05, 0) is 49.4 Å². The zero-order valence-electron chi connectivity index (χ0n) is 17.5. The predicted octanol–water partition coefficient (Wildman–Crippen LogP) is 2.66. The van der Waals surface area contributed by atoms with Gasteiger partial charge in [0.2, 0.25) is 0 Å². The predicted molar refractivity (Wildman–Crippen MR) is 118 cm³/mol. The van der Waals surface area contributed by atoms with Crippen LogP contribution >= 0.6 is 11.3 Å². The van der Waals surface area contributed by atoms with Crippen LogP contribution < -0.4 is 14.3 Å². The molecule has 166 valence electrons. The van der Waals surface area contributed by atoms with Gasteiger partial charge in [0, 0.05) is 13.2 Å². The average molecular weight is 465 g/mol. The lowest BCUT2D eigenvalue weighted by Gasteiger charge is -2.06. The Kier molecular flexibility index (Phi) is 7.47. The number of sulfone groups is 1. The standard InChI is InChI=1S/C21H24N2O6S2/c1-4-29-12-11-23-18-10-7-16(28-3)13-19(18)30-21(23)22-20(24)14-31(25,26)17-8-5-15(27-2)6-9-17/h5-10,13H,4,11-12,14H2,1-3H3. The van der Waals surface area contributed by atoms with Crippen LogP contribution in [0.4, 0.5) is 0 Å². The van der Waals surface area contributed by atoms with Crippen molar-refractivity contribution in [3.8, 4) is 11.5 Å². The number of ether oxygens (including phenoxy) is 3. The van der Waals surface area contributed by atoms with Crippen molar-refractivity contribution in [1.82, 2.24) is 4.57 Å². The summed E-state index contributed by atoms with van der Waals surface area (Å²) in [6.45, 7) is 3.40. The molecule has 0 aliphatic carbocycles. The number of rotatable bonds is 9. The number of benzene rings is 2. The second-order valence-corrected chi connectivity index (χ2v) is 9.51. The minimum atomic E-state index is -3.83. The van der Waals surface area contributed by atoms with Crippen molar-refractivity contribution in [2.75, 3.05) is 33.2 Å². The van der Waals surface area contributed by atoms with Crippen LogP contribution in [0.3, 0.4) is 0 Å². The molecule has 0 radical (unpaired) electrons. The molecule has 2 aromatic carbocycles. The Morgan fingerprint density at radius 2 is 1.74 bits per heavy atom. The van der Waals surface area contributed by atoms with Crippen LogP contribution in [0.5, 0.6) is 11.5 Å². The molecule has 0 atom stereocenters. The van der Waals surface area contributed by atoms with Gasteiger partial charge in [0.1, 0.15) is 17.3 Å². The third-order valence-electron chi connectivity index (χ3n) is 4.51. The first-order chi connectivity index (χ1) is 14.9. The number of aromatic nitrogens is 1. The number of carbonyl (C=O) groups is 1. The molecule has 0 N–H and O–H groups in total. The molecular weight excluding hydrogens is 440 g/mol. The zero-order chi connectivity index (χ0) is 22.4. The zero-order valence-corrected chi connectivity index (χ0v) is 19.2. The van der Waals surface area contributed by atoms with E-state index in [1.807, 2.05) is 29.7 Å². The van der Waals surface area contributed by atoms with E-state index in [2.05, 4.69) is 4.99 Å². The molecule has 8 nitrogen and oxygen atoms in total. The molecule has 0 saturated heterocycles. The lowest BCUT2D eigenvalue weighted by molar-refractivity contribution is -0.115. The summed E-state index contributed by atoms with van der Waals surface area (Å²) in [5.41, 5.74) is 0.870. The molecule has 0 bridgehead atoms. The van der Waals surface area contributed by atoms with E-state index in [9.17, 15) is 13.2 Å². The van der Waals surface area contributed by atoms with Crippen LogP contribution in [0.2, 0.25) is 0 Å². The highest BCUT2D eigenvalue weighted by Gasteiger charge is 2.20. The molecular formula is C21H24N2O6S2. The van der Waals surface area contributed by atoms with Gasteiger partial charge in [-0.3, -0.25) is 4.79 Å². The summed E-state index contributed by atoms with van der Waals surface area (Å²) in [4.78, 5) is 17.1. The Morgan fingerprint density at radius 3 is 2.39 bits per heavy atom. The highest BCUT2D eigenvalue weighted by atomic mass is 32.2. The van der Waals surface area contributed by atoms with E-state index in [0.29, 0.717) is 36.1 Å². The monoisotopic (exact) mass is 464 g/mol. The molecule has 3 rings (SSSR count). The van der Waals surface area contributed by atoms with E-state index in [4.69, 9.17) is 14.2 Å². The summed E-state index contributed by atoms with van der Waals surface area (Å²) in [7, 11) is -0.754. The SMILES string of the molecule is CCOCCn1c(=NC(=O)CS(=O)(=O)c2ccc(OC)cc2)sc2cc(OC)ccc21. The highest BCUT2D eigenvalue weighted by Crippen LogP contribution is 2.23. The fourth-order valence-corrected chi connectivity index (χ4v) is 5.16. The van der Waals surface area contributed by atoms with E-state index in [0.717, 1.165) is 10.2 Å². The maximum absolute atomic E-state index is 12.6. The van der Waals surface area contributed by atoms with Gasteiger partial charge < -0.3 is 18.8 Å². The van der Waals surface area contributed by atoms with Crippen molar-refractivity contribution in [2.24, 2.45) is 4.99 Å². The Morgan fingerprint density at radius 1 is 1.06 bits per heavy atom. The van der Waals surface area contributed by atoms with Crippen LogP contribution in [-0.4, -0.2) is 52.1 Å². The number of methoxy groups -OCH3 is 2. The minimum absolute atomic E-state index is 0.0437. The van der Waals surface area contributed by atoms with Gasteiger partial charge in [-0.2, -0.15) is 4.99 Å². The van der Waals surface area contributed by atoms with Crippen molar-refractivity contribution in [3.05, 3.63) is 47.3 Å². The number of hydrogen-bond donors (Lipinski definition) is 0. The summed E-state index contributed by atoms with van der Waals surface area (Å²) in [6, 6.07) is 11.5. The summed E-state index contributed by atoms with van der Waals surface area (Å²) in [6.07, 6.45) is 0. The Hall–Kier alpha value is -2.69. The number of fused-ring (bicyclic) bond motifs is 1. The van der Waals surface area contributed by atoms with Crippen molar-refractivity contribution < 1.29 is 27.4 Å². The third-order valence-corrected chi connectivity index (χ3v) is 7.16. The first kappa shape index (κ1) is 23.0. The molecule has 0 spiro atoms. The number of hydrogen-bond acceptors (Lipinski definition) is 7. The number of thiazole rings is 1. The molecule has 10 heteroatoms. The lowest BCUT2D eigenvalue weighted by atomic mass is 10.3. The van der Waals surface area contributed by atoms with Gasteiger partial charge in [-0.1, -0.05) is 11.3 Å². The number of amides is 1. The Balaban J connectivity index is 1.93. The van der Waals surface area contributed by atoms with Crippen LogP contribution in [0, 0.1) is 0 Å². The molecule has 0 fully saturated rings. The number of carbonyl (C=O) groups excluding carboxylic acids is 1. The fraction of sp³-hybridized carbons (Fsp3) is 0.333.